The fourth-order valence-electron chi connectivity index (χ4n) is 4.01. The van der Waals surface area contributed by atoms with Crippen LogP contribution in [-0.2, 0) is 19.4 Å². The lowest BCUT2D eigenvalue weighted by Crippen LogP contribution is -2.51. The molecule has 0 aliphatic carbocycles. The zero-order valence-corrected chi connectivity index (χ0v) is 19.0. The third kappa shape index (κ3) is 5.15. The minimum Gasteiger partial charge on any atom is -0.450 e. The summed E-state index contributed by atoms with van der Waals surface area (Å²) in [6, 6.07) is 4.86. The Morgan fingerprint density at radius 1 is 1.26 bits per heavy atom. The quantitative estimate of drug-likeness (QED) is 0.723. The van der Waals surface area contributed by atoms with Gasteiger partial charge in [-0.25, -0.2) is 8.42 Å². The van der Waals surface area contributed by atoms with E-state index in [0.717, 1.165) is 17.2 Å². The number of carbonyl (C=O) groups is 3. The van der Waals surface area contributed by atoms with Crippen molar-refractivity contribution in [2.24, 2.45) is 5.92 Å². The maximum absolute atomic E-state index is 12.9. The number of ketones is 1. The van der Waals surface area contributed by atoms with Gasteiger partial charge >= 0.3 is 0 Å². The van der Waals surface area contributed by atoms with E-state index < -0.39 is 33.5 Å². The summed E-state index contributed by atoms with van der Waals surface area (Å²) < 4.78 is 28.6. The Morgan fingerprint density at radius 3 is 2.61 bits per heavy atom. The van der Waals surface area contributed by atoms with Crippen molar-refractivity contribution in [3.05, 3.63) is 35.1 Å². The number of rotatable bonds is 6. The van der Waals surface area contributed by atoms with Gasteiger partial charge < -0.3 is 14.6 Å². The van der Waals surface area contributed by atoms with Gasteiger partial charge in [-0.1, -0.05) is 18.2 Å². The second kappa shape index (κ2) is 8.82. The predicted molar refractivity (Wildman–Crippen MR) is 117 cm³/mol. The number of furan rings is 1. The topological polar surface area (TPSA) is 114 Å². The van der Waals surface area contributed by atoms with E-state index >= 15 is 0 Å². The molecule has 1 N–H and O–H groups in total. The first-order valence-electron chi connectivity index (χ1n) is 10.3. The fourth-order valence-corrected chi connectivity index (χ4v) is 4.77. The van der Waals surface area contributed by atoms with E-state index in [0.29, 0.717) is 30.5 Å². The highest BCUT2D eigenvalue weighted by molar-refractivity contribution is 7.91. The minimum absolute atomic E-state index is 0.163. The van der Waals surface area contributed by atoms with Crippen LogP contribution in [0.15, 0.2) is 22.6 Å². The van der Waals surface area contributed by atoms with Gasteiger partial charge in [-0.15, -0.1) is 0 Å². The molecular formula is C22H28N2O6S. The van der Waals surface area contributed by atoms with E-state index in [1.54, 1.807) is 13.8 Å². The molecule has 2 amide bonds. The summed E-state index contributed by atoms with van der Waals surface area (Å²) in [4.78, 5) is 39.4. The van der Waals surface area contributed by atoms with Crippen molar-refractivity contribution in [3.63, 3.8) is 0 Å². The molecule has 0 radical (unpaired) electrons. The Bertz CT molecular complexity index is 1130. The number of amides is 2. The van der Waals surface area contributed by atoms with E-state index in [2.05, 4.69) is 5.32 Å². The number of benzene rings is 1. The SMILES string of the molecule is Cc1c(C(=O)N[C@H](C)C(=O)N2CCC[C@H](C(=O)CS(C)(=O)=O)C2)oc2c(C)cccc12. The summed E-state index contributed by atoms with van der Waals surface area (Å²) in [5, 5.41) is 3.55. The number of Topliss-reactive ketones (excluding diaryl/α,β-unsaturated/α-hetero) is 1. The van der Waals surface area contributed by atoms with Crippen LogP contribution >= 0.6 is 0 Å². The van der Waals surface area contributed by atoms with Crippen molar-refractivity contribution < 1.29 is 27.2 Å². The van der Waals surface area contributed by atoms with Gasteiger partial charge in [0.2, 0.25) is 5.91 Å². The molecule has 1 aliphatic rings. The number of hydrogen-bond donors (Lipinski definition) is 1. The summed E-state index contributed by atoms with van der Waals surface area (Å²) in [6.07, 6.45) is 2.18. The summed E-state index contributed by atoms with van der Waals surface area (Å²) in [7, 11) is -3.41. The first-order chi connectivity index (χ1) is 14.5. The molecule has 0 spiro atoms. The van der Waals surface area contributed by atoms with Crippen molar-refractivity contribution in [1.82, 2.24) is 10.2 Å². The van der Waals surface area contributed by atoms with E-state index in [4.69, 9.17) is 4.42 Å². The number of aryl methyl sites for hydroxylation is 2. The summed E-state index contributed by atoms with van der Waals surface area (Å²) in [6.45, 7) is 5.92. The zero-order valence-electron chi connectivity index (χ0n) is 18.2. The molecule has 0 unspecified atom stereocenters. The first-order valence-corrected chi connectivity index (χ1v) is 12.3. The van der Waals surface area contributed by atoms with E-state index in [9.17, 15) is 22.8 Å². The van der Waals surface area contributed by atoms with Gasteiger partial charge in [-0.05, 0) is 39.2 Å². The maximum Gasteiger partial charge on any atom is 0.287 e. The predicted octanol–water partition coefficient (Wildman–Crippen LogP) is 2.02. The standard InChI is InChI=1S/C22H28N2O6S/c1-13-7-5-9-17-14(2)20(30-19(13)17)21(26)23-15(3)22(27)24-10-6-8-16(11-24)18(25)12-31(4,28)29/h5,7,9,15-16H,6,8,10-12H2,1-4H3,(H,23,26)/t15-,16+/m1/s1. The zero-order chi connectivity index (χ0) is 22.9. The van der Waals surface area contributed by atoms with Crippen molar-refractivity contribution in [2.45, 2.75) is 39.7 Å². The van der Waals surface area contributed by atoms with Crippen LogP contribution in [0.4, 0.5) is 0 Å². The number of nitrogens with one attached hydrogen (secondary N) is 1. The second-order valence-electron chi connectivity index (χ2n) is 8.36. The van der Waals surface area contributed by atoms with Crippen LogP contribution in [0, 0.1) is 19.8 Å². The average molecular weight is 449 g/mol. The number of para-hydroxylation sites is 1. The molecule has 1 aromatic heterocycles. The van der Waals surface area contributed by atoms with Crippen molar-refractivity contribution in [3.8, 4) is 0 Å². The van der Waals surface area contributed by atoms with Crippen LogP contribution < -0.4 is 5.32 Å². The molecule has 1 aliphatic heterocycles. The van der Waals surface area contributed by atoms with Crippen LogP contribution in [0.25, 0.3) is 11.0 Å². The Morgan fingerprint density at radius 2 is 1.97 bits per heavy atom. The molecule has 2 heterocycles. The van der Waals surface area contributed by atoms with Gasteiger partial charge in [0, 0.05) is 36.2 Å². The molecule has 0 bridgehead atoms. The Kier molecular flexibility index (Phi) is 6.54. The third-order valence-electron chi connectivity index (χ3n) is 5.68. The van der Waals surface area contributed by atoms with Crippen LogP contribution in [0.1, 0.15) is 41.4 Å². The van der Waals surface area contributed by atoms with E-state index in [-0.39, 0.29) is 24.0 Å². The van der Waals surface area contributed by atoms with E-state index in [1.807, 2.05) is 25.1 Å². The van der Waals surface area contributed by atoms with Crippen molar-refractivity contribution >= 4 is 38.4 Å². The molecule has 8 nitrogen and oxygen atoms in total. The second-order valence-corrected chi connectivity index (χ2v) is 10.5. The summed E-state index contributed by atoms with van der Waals surface area (Å²) >= 11 is 0. The Labute approximate surface area is 181 Å². The van der Waals surface area contributed by atoms with E-state index in [1.165, 1.54) is 4.90 Å². The molecule has 168 valence electrons. The van der Waals surface area contributed by atoms with Crippen LogP contribution in [-0.4, -0.2) is 62.1 Å². The Balaban J connectivity index is 1.67. The molecule has 31 heavy (non-hydrogen) atoms. The number of carbonyl (C=O) groups excluding carboxylic acids is 3. The molecule has 2 atom stereocenters. The van der Waals surface area contributed by atoms with Crippen LogP contribution in [0.3, 0.4) is 0 Å². The van der Waals surface area contributed by atoms with Gasteiger partial charge in [-0.3, -0.25) is 14.4 Å². The Hall–Kier alpha value is -2.68. The minimum atomic E-state index is -3.41. The molecule has 1 saturated heterocycles. The number of sulfone groups is 1. The highest BCUT2D eigenvalue weighted by atomic mass is 32.2. The average Bonchev–Trinajstić information content (AvgIpc) is 3.04. The van der Waals surface area contributed by atoms with Gasteiger partial charge in [0.25, 0.3) is 5.91 Å². The van der Waals surface area contributed by atoms with Gasteiger partial charge in [-0.2, -0.15) is 0 Å². The molecule has 3 rings (SSSR count). The van der Waals surface area contributed by atoms with Crippen molar-refractivity contribution in [1.29, 1.82) is 0 Å². The fraction of sp³-hybridized carbons (Fsp3) is 0.500. The lowest BCUT2D eigenvalue weighted by Gasteiger charge is -2.33. The molecule has 0 saturated carbocycles. The summed E-state index contributed by atoms with van der Waals surface area (Å²) in [5.41, 5.74) is 2.27. The number of likely N-dealkylation sites (tertiary alicyclic amines) is 1. The number of piperidine rings is 1. The maximum atomic E-state index is 12.9. The third-order valence-corrected chi connectivity index (χ3v) is 6.49. The van der Waals surface area contributed by atoms with Gasteiger partial charge in [0.05, 0.1) is 0 Å². The molecule has 9 heteroatoms. The van der Waals surface area contributed by atoms with Gasteiger partial charge in [0.15, 0.2) is 21.4 Å². The molecule has 1 fully saturated rings. The molecule has 1 aromatic carbocycles. The van der Waals surface area contributed by atoms with Crippen LogP contribution in [0.5, 0.6) is 0 Å². The first kappa shape index (κ1) is 23.0. The highest BCUT2D eigenvalue weighted by Crippen LogP contribution is 2.27. The lowest BCUT2D eigenvalue weighted by atomic mass is 9.94. The smallest absolute Gasteiger partial charge is 0.287 e. The highest BCUT2D eigenvalue weighted by Gasteiger charge is 2.32. The van der Waals surface area contributed by atoms with Gasteiger partial charge in [0.1, 0.15) is 17.4 Å². The monoisotopic (exact) mass is 448 g/mol. The largest absolute Gasteiger partial charge is 0.450 e. The number of nitrogens with zero attached hydrogens (tertiary/aromatic N) is 1. The van der Waals surface area contributed by atoms with Crippen molar-refractivity contribution in [2.75, 3.05) is 25.1 Å². The summed E-state index contributed by atoms with van der Waals surface area (Å²) in [5.74, 6) is -2.01. The lowest BCUT2D eigenvalue weighted by molar-refractivity contribution is -0.136. The number of fused-ring (bicyclic) bond motifs is 1. The molecule has 2 aromatic rings. The number of hydrogen-bond acceptors (Lipinski definition) is 6. The normalized spacial score (nSPS) is 18.1. The van der Waals surface area contributed by atoms with Crippen LogP contribution in [0.2, 0.25) is 0 Å². The molecular weight excluding hydrogens is 420 g/mol.